The molecule has 8 heteroatoms. The minimum atomic E-state index is -0.562. The number of ether oxygens (including phenoxy) is 1. The molecular formula is C20H17N3O3S2. The number of hydrogen-bond acceptors (Lipinski definition) is 7. The van der Waals surface area contributed by atoms with Gasteiger partial charge < -0.3 is 10.1 Å². The summed E-state index contributed by atoms with van der Waals surface area (Å²) in [5.74, 6) is -1.01. The van der Waals surface area contributed by atoms with Crippen molar-refractivity contribution in [2.45, 2.75) is 32.1 Å². The molecule has 3 aromatic rings. The Labute approximate surface area is 169 Å². The van der Waals surface area contributed by atoms with Crippen molar-refractivity contribution >= 4 is 49.8 Å². The van der Waals surface area contributed by atoms with E-state index in [2.05, 4.69) is 16.4 Å². The molecule has 0 bridgehead atoms. The van der Waals surface area contributed by atoms with Gasteiger partial charge in [0.1, 0.15) is 11.1 Å². The highest BCUT2D eigenvalue weighted by molar-refractivity contribution is 7.17. The van der Waals surface area contributed by atoms with E-state index in [1.54, 1.807) is 23.7 Å². The number of benzene rings is 1. The lowest BCUT2D eigenvalue weighted by Crippen LogP contribution is -2.20. The fourth-order valence-electron chi connectivity index (χ4n) is 3.31. The second-order valence-corrected chi connectivity index (χ2v) is 8.53. The summed E-state index contributed by atoms with van der Waals surface area (Å²) < 4.78 is 6.02. The number of thiazole rings is 1. The van der Waals surface area contributed by atoms with Gasteiger partial charge in [-0.05, 0) is 49.4 Å². The lowest BCUT2D eigenvalue weighted by Gasteiger charge is -2.06. The third-order valence-electron chi connectivity index (χ3n) is 4.69. The summed E-state index contributed by atoms with van der Waals surface area (Å²) in [5.41, 5.74) is 4.53. The monoisotopic (exact) mass is 411 g/mol. The molecule has 142 valence electrons. The molecule has 0 radical (unpaired) electrons. The van der Waals surface area contributed by atoms with Gasteiger partial charge in [0.25, 0.3) is 5.91 Å². The first kappa shape index (κ1) is 18.6. The van der Waals surface area contributed by atoms with E-state index in [1.165, 1.54) is 27.6 Å². The smallest absolute Gasteiger partial charge is 0.338 e. The van der Waals surface area contributed by atoms with E-state index in [-0.39, 0.29) is 0 Å². The molecule has 1 aliphatic rings. The maximum atomic E-state index is 12.3. The molecule has 0 aliphatic heterocycles. The summed E-state index contributed by atoms with van der Waals surface area (Å²) in [7, 11) is 0. The average molecular weight is 412 g/mol. The highest BCUT2D eigenvalue weighted by Gasteiger charge is 2.21. The first-order valence-corrected chi connectivity index (χ1v) is 10.7. The number of nitrogens with zero attached hydrogens (tertiary/aromatic N) is 2. The fourth-order valence-corrected chi connectivity index (χ4v) is 5.28. The molecule has 4 rings (SSSR count). The van der Waals surface area contributed by atoms with Crippen molar-refractivity contribution in [2.24, 2.45) is 0 Å². The molecular weight excluding hydrogens is 394 g/mol. The van der Waals surface area contributed by atoms with Gasteiger partial charge in [-0.15, -0.1) is 22.7 Å². The Morgan fingerprint density at radius 1 is 1.25 bits per heavy atom. The summed E-state index contributed by atoms with van der Waals surface area (Å²) in [6.45, 7) is -0.396. The Morgan fingerprint density at radius 2 is 2.11 bits per heavy atom. The highest BCUT2D eigenvalue weighted by atomic mass is 32.1. The van der Waals surface area contributed by atoms with Gasteiger partial charge in [0.05, 0.1) is 26.9 Å². The number of anilines is 1. The summed E-state index contributed by atoms with van der Waals surface area (Å²) in [6.07, 6.45) is 5.15. The predicted octanol–water partition coefficient (Wildman–Crippen LogP) is 4.29. The van der Waals surface area contributed by atoms with Crippen LogP contribution in [-0.2, 0) is 22.4 Å². The first-order valence-electron chi connectivity index (χ1n) is 9.00. The fraction of sp³-hybridized carbons (Fsp3) is 0.300. The van der Waals surface area contributed by atoms with Gasteiger partial charge in [0.2, 0.25) is 0 Å². The van der Waals surface area contributed by atoms with E-state index in [4.69, 9.17) is 4.74 Å². The van der Waals surface area contributed by atoms with Gasteiger partial charge in [-0.2, -0.15) is 5.26 Å². The van der Waals surface area contributed by atoms with E-state index < -0.39 is 18.5 Å². The summed E-state index contributed by atoms with van der Waals surface area (Å²) in [4.78, 5) is 29.8. The molecule has 1 aliphatic carbocycles. The molecule has 0 unspecified atom stereocenters. The molecule has 2 heterocycles. The standard InChI is InChI=1S/C20H17N3O3S2/c21-9-14-13-4-2-1-3-5-16(13)28-19(14)23-18(24)10-26-20(25)12-6-7-15-17(8-12)27-11-22-15/h6-8,11H,1-5,10H2,(H,23,24). The Balaban J connectivity index is 1.40. The number of carbonyl (C=O) groups excluding carboxylic acids is 2. The Morgan fingerprint density at radius 3 is 2.96 bits per heavy atom. The SMILES string of the molecule is N#Cc1c(NC(=O)COC(=O)c2ccc3ncsc3c2)sc2c1CCCCC2. The number of hydrogen-bond donors (Lipinski definition) is 1. The number of rotatable bonds is 4. The zero-order valence-corrected chi connectivity index (χ0v) is 16.6. The summed E-state index contributed by atoms with van der Waals surface area (Å²) in [5, 5.41) is 12.8. The zero-order valence-electron chi connectivity index (χ0n) is 15.0. The number of thiophene rings is 1. The van der Waals surface area contributed by atoms with Crippen LogP contribution in [0.15, 0.2) is 23.7 Å². The lowest BCUT2D eigenvalue weighted by molar-refractivity contribution is -0.119. The molecule has 0 fully saturated rings. The molecule has 28 heavy (non-hydrogen) atoms. The van der Waals surface area contributed by atoms with Crippen molar-refractivity contribution < 1.29 is 14.3 Å². The number of nitrogens with one attached hydrogen (secondary N) is 1. The number of amides is 1. The Kier molecular flexibility index (Phi) is 5.37. The second kappa shape index (κ2) is 8.09. The van der Waals surface area contributed by atoms with Crippen molar-refractivity contribution in [1.29, 1.82) is 5.26 Å². The Hall–Kier alpha value is -2.76. The molecule has 0 saturated carbocycles. The molecule has 0 atom stereocenters. The van der Waals surface area contributed by atoms with Crippen molar-refractivity contribution in [3.63, 3.8) is 0 Å². The van der Waals surface area contributed by atoms with Gasteiger partial charge >= 0.3 is 5.97 Å². The Bertz CT molecular complexity index is 1090. The molecule has 2 aromatic heterocycles. The largest absolute Gasteiger partial charge is 0.452 e. The average Bonchev–Trinajstić information content (AvgIpc) is 3.22. The van der Waals surface area contributed by atoms with Crippen molar-refractivity contribution in [1.82, 2.24) is 4.98 Å². The van der Waals surface area contributed by atoms with Crippen LogP contribution in [0, 0.1) is 11.3 Å². The number of carbonyl (C=O) groups is 2. The van der Waals surface area contributed by atoms with Crippen LogP contribution in [0.5, 0.6) is 0 Å². The van der Waals surface area contributed by atoms with Crippen LogP contribution in [0.2, 0.25) is 0 Å². The molecule has 1 amide bonds. The van der Waals surface area contributed by atoms with Crippen molar-refractivity contribution in [3.8, 4) is 6.07 Å². The molecule has 0 spiro atoms. The van der Waals surface area contributed by atoms with Crippen LogP contribution in [0.3, 0.4) is 0 Å². The van der Waals surface area contributed by atoms with E-state index in [0.29, 0.717) is 16.1 Å². The van der Waals surface area contributed by atoms with Crippen LogP contribution in [0.1, 0.15) is 45.6 Å². The third-order valence-corrected chi connectivity index (χ3v) is 6.69. The van der Waals surface area contributed by atoms with Crippen molar-refractivity contribution in [3.05, 3.63) is 45.3 Å². The molecule has 1 aromatic carbocycles. The van der Waals surface area contributed by atoms with Crippen LogP contribution in [0.4, 0.5) is 5.00 Å². The number of aromatic nitrogens is 1. The highest BCUT2D eigenvalue weighted by Crippen LogP contribution is 2.36. The minimum absolute atomic E-state index is 0.380. The maximum absolute atomic E-state index is 12.3. The van der Waals surface area contributed by atoms with Gasteiger partial charge in [0.15, 0.2) is 6.61 Å². The topological polar surface area (TPSA) is 92.1 Å². The molecule has 0 saturated heterocycles. The number of esters is 1. The van der Waals surface area contributed by atoms with Crippen LogP contribution < -0.4 is 5.32 Å². The zero-order chi connectivity index (χ0) is 19.5. The minimum Gasteiger partial charge on any atom is -0.452 e. The van der Waals surface area contributed by atoms with E-state index >= 15 is 0 Å². The lowest BCUT2D eigenvalue weighted by atomic mass is 10.1. The van der Waals surface area contributed by atoms with Gasteiger partial charge in [-0.3, -0.25) is 4.79 Å². The maximum Gasteiger partial charge on any atom is 0.338 e. The van der Waals surface area contributed by atoms with Crippen molar-refractivity contribution in [2.75, 3.05) is 11.9 Å². The number of aryl methyl sites for hydroxylation is 1. The molecule has 6 nitrogen and oxygen atoms in total. The van der Waals surface area contributed by atoms with Gasteiger partial charge in [-0.25, -0.2) is 9.78 Å². The third kappa shape index (κ3) is 3.77. The summed E-state index contributed by atoms with van der Waals surface area (Å²) >= 11 is 2.90. The predicted molar refractivity (Wildman–Crippen MR) is 109 cm³/mol. The quantitative estimate of drug-likeness (QED) is 0.511. The second-order valence-electron chi connectivity index (χ2n) is 6.54. The van der Waals surface area contributed by atoms with E-state index in [0.717, 1.165) is 47.9 Å². The van der Waals surface area contributed by atoms with Crippen LogP contribution in [-0.4, -0.2) is 23.5 Å². The van der Waals surface area contributed by atoms with E-state index in [9.17, 15) is 14.9 Å². The van der Waals surface area contributed by atoms with Crippen LogP contribution in [0.25, 0.3) is 10.2 Å². The van der Waals surface area contributed by atoms with E-state index in [1.807, 2.05) is 0 Å². The van der Waals surface area contributed by atoms with Gasteiger partial charge in [-0.1, -0.05) is 6.42 Å². The molecule has 1 N–H and O–H groups in total. The normalized spacial score (nSPS) is 13.4. The summed E-state index contributed by atoms with van der Waals surface area (Å²) in [6, 6.07) is 7.31. The van der Waals surface area contributed by atoms with Gasteiger partial charge in [0, 0.05) is 4.88 Å². The number of nitriles is 1. The van der Waals surface area contributed by atoms with Crippen LogP contribution >= 0.6 is 22.7 Å². The first-order chi connectivity index (χ1) is 13.7. The number of fused-ring (bicyclic) bond motifs is 2.